The van der Waals surface area contributed by atoms with Crippen LogP contribution in [0.5, 0.6) is 0 Å². The van der Waals surface area contributed by atoms with E-state index in [1.54, 1.807) is 0 Å². The first kappa shape index (κ1) is 13.5. The number of H-pyrrole nitrogens is 1. The molecule has 8 heteroatoms. The molecule has 0 aliphatic carbocycles. The van der Waals surface area contributed by atoms with Crippen LogP contribution in [-0.2, 0) is 4.74 Å². The molecule has 1 fully saturated rings. The summed E-state index contributed by atoms with van der Waals surface area (Å²) < 4.78 is 5.14. The number of carbonyl (C=O) groups excluding carboxylic acids is 1. The first-order valence-electron chi connectivity index (χ1n) is 5.50. The van der Waals surface area contributed by atoms with Gasteiger partial charge < -0.3 is 30.4 Å². The van der Waals surface area contributed by atoms with Crippen LogP contribution in [0.3, 0.4) is 0 Å². The third-order valence-corrected chi connectivity index (χ3v) is 2.79. The molecule has 5 N–H and O–H groups in total. The van der Waals surface area contributed by atoms with Crippen molar-refractivity contribution >= 4 is 5.91 Å². The van der Waals surface area contributed by atoms with Gasteiger partial charge in [-0.25, -0.2) is 4.98 Å². The van der Waals surface area contributed by atoms with Crippen LogP contribution in [-0.4, -0.2) is 61.8 Å². The maximum absolute atomic E-state index is 11.7. The largest absolute Gasteiger partial charge is 0.387 e. The molecule has 1 aromatic heterocycles. The lowest BCUT2D eigenvalue weighted by Gasteiger charge is -2.16. The lowest BCUT2D eigenvalue weighted by Crippen LogP contribution is -2.44. The molecule has 0 spiro atoms. The Hall–Kier alpha value is -1.92. The Labute approximate surface area is 108 Å². The fourth-order valence-corrected chi connectivity index (χ4v) is 1.77. The van der Waals surface area contributed by atoms with E-state index in [1.165, 1.54) is 12.5 Å². The van der Waals surface area contributed by atoms with E-state index in [9.17, 15) is 20.1 Å². The summed E-state index contributed by atoms with van der Waals surface area (Å²) in [6, 6.07) is 0. The lowest BCUT2D eigenvalue weighted by molar-refractivity contribution is -0.0507. The number of terminal acetylenes is 1. The van der Waals surface area contributed by atoms with Crippen LogP contribution in [0.25, 0.3) is 0 Å². The number of carbonyl (C=O) groups is 1. The summed E-state index contributed by atoms with van der Waals surface area (Å²) in [5, 5.41) is 31.1. The van der Waals surface area contributed by atoms with E-state index in [4.69, 9.17) is 11.2 Å². The van der Waals surface area contributed by atoms with Gasteiger partial charge in [0.1, 0.15) is 30.1 Å². The van der Waals surface area contributed by atoms with Gasteiger partial charge in [0.2, 0.25) is 0 Å². The van der Waals surface area contributed by atoms with E-state index in [0.717, 1.165) is 0 Å². The quantitative estimate of drug-likeness (QED) is 0.388. The monoisotopic (exact) mass is 267 g/mol. The van der Waals surface area contributed by atoms with Crippen molar-refractivity contribution in [2.75, 3.05) is 0 Å². The van der Waals surface area contributed by atoms with E-state index >= 15 is 0 Å². The highest BCUT2D eigenvalue weighted by atomic mass is 16.6. The topological polar surface area (TPSA) is 128 Å². The number of nitrogens with one attached hydrogen (secondary N) is 2. The number of hydrogen-bond donors (Lipinski definition) is 5. The van der Waals surface area contributed by atoms with Gasteiger partial charge in [0, 0.05) is 6.20 Å². The summed E-state index contributed by atoms with van der Waals surface area (Å²) in [4.78, 5) is 18.0. The smallest absolute Gasteiger partial charge is 0.273 e. The number of aliphatic hydroxyl groups is 3. The lowest BCUT2D eigenvalue weighted by atomic mass is 10.1. The second-order valence-corrected chi connectivity index (χ2v) is 4.04. The van der Waals surface area contributed by atoms with Crippen LogP contribution in [0.2, 0.25) is 0 Å². The van der Waals surface area contributed by atoms with Crippen molar-refractivity contribution in [2.24, 2.45) is 0 Å². The minimum absolute atomic E-state index is 0.103. The van der Waals surface area contributed by atoms with Crippen LogP contribution in [0, 0.1) is 12.3 Å². The third kappa shape index (κ3) is 2.59. The van der Waals surface area contributed by atoms with Gasteiger partial charge in [0.15, 0.2) is 6.23 Å². The number of aliphatic hydroxyl groups excluding tert-OH is 3. The summed E-state index contributed by atoms with van der Waals surface area (Å²) in [6.07, 6.45) is 1.19. The predicted octanol–water partition coefficient (Wildman–Crippen LogP) is -2.42. The molecule has 2 heterocycles. The fraction of sp³-hybridized carbons (Fsp3) is 0.455. The number of nitrogens with zero attached hydrogens (tertiary/aromatic N) is 1. The maximum Gasteiger partial charge on any atom is 0.273 e. The summed E-state index contributed by atoms with van der Waals surface area (Å²) in [5.41, 5.74) is 0.103. The molecule has 1 aliphatic rings. The van der Waals surface area contributed by atoms with Crippen LogP contribution in [0.1, 0.15) is 10.5 Å². The van der Waals surface area contributed by atoms with E-state index in [2.05, 4.69) is 15.3 Å². The Morgan fingerprint density at radius 3 is 2.89 bits per heavy atom. The zero-order valence-electron chi connectivity index (χ0n) is 9.72. The van der Waals surface area contributed by atoms with Gasteiger partial charge >= 0.3 is 0 Å². The van der Waals surface area contributed by atoms with Crippen molar-refractivity contribution in [1.82, 2.24) is 15.3 Å². The second kappa shape index (κ2) is 5.38. The van der Waals surface area contributed by atoms with Gasteiger partial charge in [-0.3, -0.25) is 4.79 Å². The van der Waals surface area contributed by atoms with Crippen molar-refractivity contribution in [2.45, 2.75) is 30.6 Å². The van der Waals surface area contributed by atoms with Crippen molar-refractivity contribution in [3.05, 3.63) is 18.2 Å². The normalized spacial score (nSPS) is 31.7. The van der Waals surface area contributed by atoms with E-state index < -0.39 is 36.6 Å². The average molecular weight is 267 g/mol. The summed E-state index contributed by atoms with van der Waals surface area (Å²) in [6.45, 7) is 0. The van der Waals surface area contributed by atoms with E-state index in [0.29, 0.717) is 0 Å². The molecule has 2 rings (SSSR count). The van der Waals surface area contributed by atoms with Crippen molar-refractivity contribution < 1.29 is 24.9 Å². The Balaban J connectivity index is 2.02. The predicted molar refractivity (Wildman–Crippen MR) is 61.6 cm³/mol. The van der Waals surface area contributed by atoms with Crippen LogP contribution < -0.4 is 5.32 Å². The second-order valence-electron chi connectivity index (χ2n) is 4.04. The average Bonchev–Trinajstić information content (AvgIpc) is 3.02. The summed E-state index contributed by atoms with van der Waals surface area (Å²) >= 11 is 0. The van der Waals surface area contributed by atoms with Crippen molar-refractivity contribution in [3.8, 4) is 12.3 Å². The molecule has 19 heavy (non-hydrogen) atoms. The number of aromatic nitrogens is 2. The Kier molecular flexibility index (Phi) is 3.82. The molecule has 0 saturated carbocycles. The Morgan fingerprint density at radius 1 is 1.58 bits per heavy atom. The van der Waals surface area contributed by atoms with Crippen LogP contribution in [0.4, 0.5) is 0 Å². The highest BCUT2D eigenvalue weighted by Crippen LogP contribution is 2.22. The SMILES string of the molecule is C#CC(O)[C@H]1OC(NC(=O)c2c[nH]cn2)[C@H](O)[C@@H]1O. The molecule has 1 aliphatic heterocycles. The van der Waals surface area contributed by atoms with Gasteiger partial charge in [-0.15, -0.1) is 6.42 Å². The van der Waals surface area contributed by atoms with Gasteiger partial charge in [0.25, 0.3) is 5.91 Å². The minimum atomic E-state index is -1.39. The summed E-state index contributed by atoms with van der Waals surface area (Å²) in [5.74, 6) is 1.40. The van der Waals surface area contributed by atoms with Gasteiger partial charge in [-0.2, -0.15) is 0 Å². The van der Waals surface area contributed by atoms with E-state index in [-0.39, 0.29) is 5.69 Å². The zero-order valence-corrected chi connectivity index (χ0v) is 9.72. The first-order valence-corrected chi connectivity index (χ1v) is 5.50. The molecule has 5 atom stereocenters. The fourth-order valence-electron chi connectivity index (χ4n) is 1.77. The molecule has 1 aromatic rings. The van der Waals surface area contributed by atoms with Gasteiger partial charge in [0.05, 0.1) is 6.33 Å². The van der Waals surface area contributed by atoms with Crippen LogP contribution >= 0.6 is 0 Å². The van der Waals surface area contributed by atoms with E-state index in [1.807, 2.05) is 5.92 Å². The minimum Gasteiger partial charge on any atom is -0.387 e. The van der Waals surface area contributed by atoms with Crippen molar-refractivity contribution in [1.29, 1.82) is 0 Å². The molecule has 1 amide bonds. The number of hydrogen-bond acceptors (Lipinski definition) is 6. The number of aromatic amines is 1. The molecule has 0 aromatic carbocycles. The van der Waals surface area contributed by atoms with Crippen LogP contribution in [0.15, 0.2) is 12.5 Å². The Bertz CT molecular complexity index is 483. The van der Waals surface area contributed by atoms with Crippen molar-refractivity contribution in [3.63, 3.8) is 0 Å². The van der Waals surface area contributed by atoms with Gasteiger partial charge in [-0.05, 0) is 0 Å². The molecule has 0 radical (unpaired) electrons. The first-order chi connectivity index (χ1) is 9.04. The third-order valence-electron chi connectivity index (χ3n) is 2.79. The van der Waals surface area contributed by atoms with Gasteiger partial charge in [-0.1, -0.05) is 5.92 Å². The highest BCUT2D eigenvalue weighted by molar-refractivity contribution is 5.92. The number of imidazole rings is 1. The molecule has 1 saturated heterocycles. The number of ether oxygens (including phenoxy) is 1. The molecule has 8 nitrogen and oxygen atoms in total. The Morgan fingerprint density at radius 2 is 2.32 bits per heavy atom. The molecule has 0 bridgehead atoms. The standard InChI is InChI=1S/C11H13N3O5/c1-2-6(15)9-7(16)8(17)11(19-9)14-10(18)5-3-12-4-13-5/h1,3-4,6-9,11,15-17H,(H,12,13)(H,14,18)/t6?,7-,8+,9+,11?/m0/s1. The number of amides is 1. The molecular formula is C11H13N3O5. The highest BCUT2D eigenvalue weighted by Gasteiger charge is 2.46. The molecule has 102 valence electrons. The molecule has 2 unspecified atom stereocenters. The summed E-state index contributed by atoms with van der Waals surface area (Å²) in [7, 11) is 0. The molecular weight excluding hydrogens is 254 g/mol. The zero-order chi connectivity index (χ0) is 14.0. The number of rotatable bonds is 3. The maximum atomic E-state index is 11.7.